The molecule has 2 heterocycles. The van der Waals surface area contributed by atoms with Crippen molar-refractivity contribution in [1.82, 2.24) is 9.88 Å². The molecule has 1 aliphatic heterocycles. The lowest BCUT2D eigenvalue weighted by atomic mass is 9.99. The van der Waals surface area contributed by atoms with Gasteiger partial charge in [-0.25, -0.2) is 13.6 Å². The van der Waals surface area contributed by atoms with E-state index in [1.54, 1.807) is 33.0 Å². The highest BCUT2D eigenvalue weighted by Crippen LogP contribution is 2.30. The third kappa shape index (κ3) is 2.65. The van der Waals surface area contributed by atoms with Gasteiger partial charge in [-0.2, -0.15) is 0 Å². The molecule has 0 fully saturated rings. The van der Waals surface area contributed by atoms with E-state index in [0.29, 0.717) is 24.0 Å². The number of benzene rings is 1. The number of carbonyl (C=O) groups is 1. The third-order valence-electron chi connectivity index (χ3n) is 3.62. The standard InChI is InChI=1S/C16H18F2N2O2/c1-16(2,3)22-15(21)19-10-6-9-7-12(17)13(18)11-4-5-20(8-10)14(9)11/h4-5,7,10H,6,8H2,1-3H3,(H,19,21)/t10-/m1/s1. The number of aromatic nitrogens is 1. The topological polar surface area (TPSA) is 43.3 Å². The Morgan fingerprint density at radius 1 is 1.41 bits per heavy atom. The monoisotopic (exact) mass is 308 g/mol. The Morgan fingerprint density at radius 2 is 2.14 bits per heavy atom. The van der Waals surface area contributed by atoms with Gasteiger partial charge in [0.2, 0.25) is 0 Å². The molecule has 1 amide bonds. The summed E-state index contributed by atoms with van der Waals surface area (Å²) in [6.45, 7) is 5.87. The first-order valence-electron chi connectivity index (χ1n) is 7.20. The van der Waals surface area contributed by atoms with Crippen LogP contribution in [0.25, 0.3) is 10.9 Å². The number of ether oxygens (including phenoxy) is 1. The SMILES string of the molecule is CC(C)(C)OC(=O)N[C@@H]1Cc2cc(F)c(F)c3ccn(c23)C1. The van der Waals surface area contributed by atoms with Crippen molar-refractivity contribution in [3.8, 4) is 0 Å². The summed E-state index contributed by atoms with van der Waals surface area (Å²) in [6, 6.07) is 2.55. The average Bonchev–Trinajstić information content (AvgIpc) is 2.78. The van der Waals surface area contributed by atoms with Gasteiger partial charge in [0, 0.05) is 18.1 Å². The number of alkyl carbamates (subject to hydrolysis) is 1. The Balaban J connectivity index is 1.83. The van der Waals surface area contributed by atoms with Gasteiger partial charge < -0.3 is 14.6 Å². The lowest BCUT2D eigenvalue weighted by Crippen LogP contribution is -2.43. The number of carbonyl (C=O) groups excluding carboxylic acids is 1. The summed E-state index contributed by atoms with van der Waals surface area (Å²) >= 11 is 0. The minimum Gasteiger partial charge on any atom is -0.444 e. The summed E-state index contributed by atoms with van der Waals surface area (Å²) < 4.78 is 34.5. The maximum absolute atomic E-state index is 13.8. The van der Waals surface area contributed by atoms with Gasteiger partial charge in [-0.3, -0.25) is 0 Å². The van der Waals surface area contributed by atoms with Crippen molar-refractivity contribution >= 4 is 17.0 Å². The largest absolute Gasteiger partial charge is 0.444 e. The predicted molar refractivity (Wildman–Crippen MR) is 78.7 cm³/mol. The number of hydrogen-bond donors (Lipinski definition) is 1. The van der Waals surface area contributed by atoms with E-state index in [1.165, 1.54) is 6.07 Å². The lowest BCUT2D eigenvalue weighted by molar-refractivity contribution is 0.0498. The van der Waals surface area contributed by atoms with Crippen LogP contribution in [0.3, 0.4) is 0 Å². The maximum Gasteiger partial charge on any atom is 0.407 e. The van der Waals surface area contributed by atoms with Crippen molar-refractivity contribution in [2.75, 3.05) is 0 Å². The van der Waals surface area contributed by atoms with E-state index in [2.05, 4.69) is 5.32 Å². The smallest absolute Gasteiger partial charge is 0.407 e. The number of halogens is 2. The summed E-state index contributed by atoms with van der Waals surface area (Å²) in [6.07, 6.45) is 1.64. The molecule has 0 spiro atoms. The van der Waals surface area contributed by atoms with Crippen molar-refractivity contribution < 1.29 is 18.3 Å². The van der Waals surface area contributed by atoms with E-state index >= 15 is 0 Å². The molecule has 118 valence electrons. The fourth-order valence-electron chi connectivity index (χ4n) is 2.87. The van der Waals surface area contributed by atoms with Crippen LogP contribution in [0.1, 0.15) is 26.3 Å². The Labute approximate surface area is 127 Å². The molecule has 2 aromatic rings. The second-order valence-corrected chi connectivity index (χ2v) is 6.61. The van der Waals surface area contributed by atoms with Gasteiger partial charge in [-0.05, 0) is 44.9 Å². The van der Waals surface area contributed by atoms with Gasteiger partial charge in [0.25, 0.3) is 0 Å². The van der Waals surface area contributed by atoms with Crippen molar-refractivity contribution in [2.24, 2.45) is 0 Å². The first-order chi connectivity index (χ1) is 10.2. The van der Waals surface area contributed by atoms with Crippen LogP contribution in [0.4, 0.5) is 13.6 Å². The molecular weight excluding hydrogens is 290 g/mol. The summed E-state index contributed by atoms with van der Waals surface area (Å²) in [5, 5.41) is 3.07. The van der Waals surface area contributed by atoms with Crippen LogP contribution < -0.4 is 5.32 Å². The van der Waals surface area contributed by atoms with Crippen LogP contribution in [-0.2, 0) is 17.7 Å². The zero-order valence-electron chi connectivity index (χ0n) is 12.7. The first kappa shape index (κ1) is 14.8. The van der Waals surface area contributed by atoms with Crippen LogP contribution in [0.15, 0.2) is 18.3 Å². The highest BCUT2D eigenvalue weighted by Gasteiger charge is 2.26. The normalized spacial score (nSPS) is 17.6. The van der Waals surface area contributed by atoms with Crippen LogP contribution in [-0.4, -0.2) is 22.3 Å². The molecule has 0 bridgehead atoms. The number of rotatable bonds is 1. The molecule has 0 unspecified atom stereocenters. The first-order valence-corrected chi connectivity index (χ1v) is 7.20. The summed E-state index contributed by atoms with van der Waals surface area (Å²) in [5.74, 6) is -1.69. The molecule has 4 nitrogen and oxygen atoms in total. The number of nitrogens with zero attached hydrogens (tertiary/aromatic N) is 1. The second-order valence-electron chi connectivity index (χ2n) is 6.61. The fraction of sp³-hybridized carbons (Fsp3) is 0.438. The van der Waals surface area contributed by atoms with Crippen LogP contribution in [0.5, 0.6) is 0 Å². The molecule has 6 heteroatoms. The summed E-state index contributed by atoms with van der Waals surface area (Å²) in [4.78, 5) is 11.9. The van der Waals surface area contributed by atoms with E-state index in [0.717, 1.165) is 0 Å². The Kier molecular flexibility index (Phi) is 3.34. The van der Waals surface area contributed by atoms with Gasteiger partial charge in [0.05, 0.1) is 11.6 Å². The average molecular weight is 308 g/mol. The Bertz CT molecular complexity index is 747. The fourth-order valence-corrected chi connectivity index (χ4v) is 2.87. The highest BCUT2D eigenvalue weighted by molar-refractivity contribution is 5.85. The second kappa shape index (κ2) is 4.97. The number of hydrogen-bond acceptors (Lipinski definition) is 2. The van der Waals surface area contributed by atoms with Crippen LogP contribution in [0, 0.1) is 11.6 Å². The molecular formula is C16H18F2N2O2. The molecule has 0 saturated carbocycles. The van der Waals surface area contributed by atoms with Gasteiger partial charge >= 0.3 is 6.09 Å². The minimum atomic E-state index is -0.863. The van der Waals surface area contributed by atoms with Crippen molar-refractivity contribution in [3.05, 3.63) is 35.5 Å². The molecule has 0 saturated heterocycles. The van der Waals surface area contributed by atoms with Crippen LogP contribution >= 0.6 is 0 Å². The lowest BCUT2D eigenvalue weighted by Gasteiger charge is -2.27. The number of nitrogens with one attached hydrogen (secondary N) is 1. The van der Waals surface area contributed by atoms with Crippen molar-refractivity contribution in [3.63, 3.8) is 0 Å². The quantitative estimate of drug-likeness (QED) is 0.878. The Morgan fingerprint density at radius 3 is 2.82 bits per heavy atom. The molecule has 22 heavy (non-hydrogen) atoms. The molecule has 0 radical (unpaired) electrons. The molecule has 0 aliphatic carbocycles. The zero-order valence-corrected chi connectivity index (χ0v) is 12.7. The van der Waals surface area contributed by atoms with Gasteiger partial charge in [0.1, 0.15) is 5.60 Å². The maximum atomic E-state index is 13.8. The van der Waals surface area contributed by atoms with Crippen molar-refractivity contribution in [1.29, 1.82) is 0 Å². The molecule has 1 atom stereocenters. The van der Waals surface area contributed by atoms with E-state index in [9.17, 15) is 13.6 Å². The van der Waals surface area contributed by atoms with E-state index in [1.807, 2.05) is 4.57 Å². The molecule has 1 aromatic heterocycles. The minimum absolute atomic E-state index is 0.220. The third-order valence-corrected chi connectivity index (χ3v) is 3.62. The van der Waals surface area contributed by atoms with Gasteiger partial charge in [-0.1, -0.05) is 0 Å². The van der Waals surface area contributed by atoms with Gasteiger partial charge in [-0.15, -0.1) is 0 Å². The highest BCUT2D eigenvalue weighted by atomic mass is 19.2. The van der Waals surface area contributed by atoms with E-state index in [4.69, 9.17) is 4.74 Å². The van der Waals surface area contributed by atoms with E-state index < -0.39 is 23.3 Å². The zero-order chi connectivity index (χ0) is 16.1. The van der Waals surface area contributed by atoms with E-state index in [-0.39, 0.29) is 11.4 Å². The molecule has 3 rings (SSSR count). The summed E-state index contributed by atoms with van der Waals surface area (Å²) in [7, 11) is 0. The number of amides is 1. The Hall–Kier alpha value is -2.11. The van der Waals surface area contributed by atoms with Crippen LogP contribution in [0.2, 0.25) is 0 Å². The van der Waals surface area contributed by atoms with Crippen molar-refractivity contribution in [2.45, 2.75) is 45.4 Å². The summed E-state index contributed by atoms with van der Waals surface area (Å²) in [5.41, 5.74) is 0.805. The predicted octanol–water partition coefficient (Wildman–Crippen LogP) is 3.37. The van der Waals surface area contributed by atoms with Gasteiger partial charge in [0.15, 0.2) is 11.6 Å². The molecule has 1 aliphatic rings. The molecule has 1 N–H and O–H groups in total. The molecule has 1 aromatic carbocycles.